The summed E-state index contributed by atoms with van der Waals surface area (Å²) >= 11 is 0. The smallest absolute Gasteiger partial charge is 0.139 e. The van der Waals surface area contributed by atoms with Gasteiger partial charge in [0.15, 0.2) is 0 Å². The third-order valence-corrected chi connectivity index (χ3v) is 1.77. The van der Waals surface area contributed by atoms with Crippen LogP contribution in [0.15, 0.2) is 29.4 Å². The predicted octanol–water partition coefficient (Wildman–Crippen LogP) is 2.88. The van der Waals surface area contributed by atoms with Crippen molar-refractivity contribution in [3.05, 3.63) is 35.4 Å². The van der Waals surface area contributed by atoms with Crippen molar-refractivity contribution < 1.29 is 4.84 Å². The average molecular weight is 190 g/mol. The number of nitrogens with zero attached hydrogens (tertiary/aromatic N) is 1. The van der Waals surface area contributed by atoms with E-state index in [1.807, 2.05) is 26.0 Å². The van der Waals surface area contributed by atoms with Crippen molar-refractivity contribution in [1.82, 2.24) is 0 Å². The topological polar surface area (TPSA) is 21.6 Å². The van der Waals surface area contributed by atoms with Gasteiger partial charge < -0.3 is 4.84 Å². The minimum Gasteiger partial charge on any atom is -0.393 e. The Morgan fingerprint density at radius 1 is 1.43 bits per heavy atom. The highest BCUT2D eigenvalue weighted by Crippen LogP contribution is 2.03. The molecule has 0 heterocycles. The Kier molecular flexibility index (Phi) is 4.17. The number of benzene rings is 1. The fourth-order valence-electron chi connectivity index (χ4n) is 1.05. The second kappa shape index (κ2) is 5.43. The molecule has 2 heteroatoms. The molecule has 0 unspecified atom stereocenters. The molecular formula is C12H16NO. The van der Waals surface area contributed by atoms with E-state index in [-0.39, 0.29) is 6.10 Å². The van der Waals surface area contributed by atoms with Gasteiger partial charge in [0, 0.05) is 5.56 Å². The van der Waals surface area contributed by atoms with E-state index >= 15 is 0 Å². The number of aryl methyl sites for hydroxylation is 1. The first kappa shape index (κ1) is 10.8. The van der Waals surface area contributed by atoms with Crippen LogP contribution in [0.3, 0.4) is 0 Å². The van der Waals surface area contributed by atoms with Crippen molar-refractivity contribution >= 4 is 6.21 Å². The van der Waals surface area contributed by atoms with Crippen molar-refractivity contribution in [1.29, 1.82) is 0 Å². The Morgan fingerprint density at radius 3 is 2.86 bits per heavy atom. The van der Waals surface area contributed by atoms with Gasteiger partial charge in [0.25, 0.3) is 0 Å². The molecule has 0 fully saturated rings. The average Bonchev–Trinajstić information content (AvgIpc) is 2.18. The summed E-state index contributed by atoms with van der Waals surface area (Å²) in [5, 5.41) is 3.77. The summed E-state index contributed by atoms with van der Waals surface area (Å²) in [5.41, 5.74) is 2.25. The predicted molar refractivity (Wildman–Crippen MR) is 58.6 cm³/mol. The van der Waals surface area contributed by atoms with E-state index in [1.54, 1.807) is 0 Å². The zero-order chi connectivity index (χ0) is 10.4. The van der Waals surface area contributed by atoms with Gasteiger partial charge in [-0.3, -0.25) is 0 Å². The van der Waals surface area contributed by atoms with Gasteiger partial charge in [-0.25, -0.2) is 0 Å². The van der Waals surface area contributed by atoms with Crippen LogP contribution in [0.1, 0.15) is 31.9 Å². The minimum atomic E-state index is 0.108. The van der Waals surface area contributed by atoms with Crippen LogP contribution >= 0.6 is 0 Å². The first-order valence-corrected chi connectivity index (χ1v) is 4.93. The molecule has 0 atom stereocenters. The Bertz CT molecular complexity index is 305. The van der Waals surface area contributed by atoms with Crippen molar-refractivity contribution in [2.75, 3.05) is 0 Å². The Morgan fingerprint density at radius 2 is 2.21 bits per heavy atom. The summed E-state index contributed by atoms with van der Waals surface area (Å²) in [4.78, 5) is 5.03. The van der Waals surface area contributed by atoms with Crippen LogP contribution in [-0.4, -0.2) is 12.3 Å². The molecule has 0 aliphatic rings. The van der Waals surface area contributed by atoms with Crippen molar-refractivity contribution in [2.45, 2.75) is 33.3 Å². The lowest BCUT2D eigenvalue weighted by Crippen LogP contribution is -1.96. The maximum Gasteiger partial charge on any atom is 0.139 e. The van der Waals surface area contributed by atoms with Crippen molar-refractivity contribution in [3.63, 3.8) is 0 Å². The SMILES string of the molecule is CCc1cccc(/[C]=N/OC(C)C)c1. The van der Waals surface area contributed by atoms with Gasteiger partial charge in [-0.15, -0.1) is 0 Å². The van der Waals surface area contributed by atoms with Crippen LogP contribution in [0.4, 0.5) is 0 Å². The normalized spacial score (nSPS) is 11.1. The van der Waals surface area contributed by atoms with Crippen LogP contribution < -0.4 is 0 Å². The number of hydrogen-bond donors (Lipinski definition) is 0. The van der Waals surface area contributed by atoms with E-state index in [0.717, 1.165) is 12.0 Å². The molecule has 0 saturated carbocycles. The molecule has 0 bridgehead atoms. The molecule has 1 aromatic carbocycles. The first-order valence-electron chi connectivity index (χ1n) is 4.93. The molecule has 1 radical (unpaired) electrons. The molecule has 14 heavy (non-hydrogen) atoms. The third kappa shape index (κ3) is 3.60. The molecule has 0 aliphatic heterocycles. The van der Waals surface area contributed by atoms with Gasteiger partial charge in [0.05, 0.1) is 0 Å². The molecular weight excluding hydrogens is 174 g/mol. The quantitative estimate of drug-likeness (QED) is 0.528. The molecule has 0 aliphatic carbocycles. The van der Waals surface area contributed by atoms with Gasteiger partial charge in [-0.2, -0.15) is 0 Å². The lowest BCUT2D eigenvalue weighted by atomic mass is 10.1. The zero-order valence-corrected chi connectivity index (χ0v) is 8.95. The molecule has 1 rings (SSSR count). The van der Waals surface area contributed by atoms with E-state index in [2.05, 4.69) is 30.4 Å². The Balaban J connectivity index is 2.62. The van der Waals surface area contributed by atoms with Gasteiger partial charge in [0.1, 0.15) is 12.3 Å². The maximum absolute atomic E-state index is 5.03. The van der Waals surface area contributed by atoms with Crippen LogP contribution in [0.5, 0.6) is 0 Å². The van der Waals surface area contributed by atoms with E-state index in [0.29, 0.717) is 0 Å². The summed E-state index contributed by atoms with van der Waals surface area (Å²) < 4.78 is 0. The van der Waals surface area contributed by atoms with Gasteiger partial charge in [0.2, 0.25) is 0 Å². The van der Waals surface area contributed by atoms with E-state index in [1.165, 1.54) is 5.56 Å². The standard InChI is InChI=1S/C12H16NO/c1-4-11-6-5-7-12(8-11)9-13-14-10(2)3/h5-8,10H,4H2,1-3H3. The van der Waals surface area contributed by atoms with E-state index < -0.39 is 0 Å². The second-order valence-corrected chi connectivity index (χ2v) is 3.41. The first-order chi connectivity index (χ1) is 6.72. The third-order valence-electron chi connectivity index (χ3n) is 1.77. The van der Waals surface area contributed by atoms with E-state index in [9.17, 15) is 0 Å². The molecule has 0 saturated heterocycles. The lowest BCUT2D eigenvalue weighted by molar-refractivity contribution is 0.0874. The van der Waals surface area contributed by atoms with Crippen LogP contribution in [0.25, 0.3) is 0 Å². The summed E-state index contributed by atoms with van der Waals surface area (Å²) in [5.74, 6) is 0. The minimum absolute atomic E-state index is 0.108. The van der Waals surface area contributed by atoms with Crippen LogP contribution in [0.2, 0.25) is 0 Å². The molecule has 0 amide bonds. The number of rotatable bonds is 4. The summed E-state index contributed by atoms with van der Waals surface area (Å²) in [7, 11) is 0. The van der Waals surface area contributed by atoms with Crippen LogP contribution in [0, 0.1) is 0 Å². The van der Waals surface area contributed by atoms with Crippen molar-refractivity contribution in [2.24, 2.45) is 5.16 Å². The van der Waals surface area contributed by atoms with Crippen molar-refractivity contribution in [3.8, 4) is 0 Å². The van der Waals surface area contributed by atoms with Crippen LogP contribution in [-0.2, 0) is 11.3 Å². The monoisotopic (exact) mass is 190 g/mol. The molecule has 75 valence electrons. The van der Waals surface area contributed by atoms with E-state index in [4.69, 9.17) is 4.84 Å². The lowest BCUT2D eigenvalue weighted by Gasteiger charge is -2.00. The molecule has 1 aromatic rings. The maximum atomic E-state index is 5.03. The highest BCUT2D eigenvalue weighted by atomic mass is 16.6. The molecule has 0 N–H and O–H groups in total. The summed E-state index contributed by atoms with van der Waals surface area (Å²) in [6, 6.07) is 8.13. The molecule has 0 spiro atoms. The second-order valence-electron chi connectivity index (χ2n) is 3.41. The Labute approximate surface area is 85.6 Å². The van der Waals surface area contributed by atoms with Gasteiger partial charge in [-0.1, -0.05) is 30.3 Å². The summed E-state index contributed by atoms with van der Waals surface area (Å²) in [6.07, 6.45) is 3.99. The number of hydrogen-bond acceptors (Lipinski definition) is 2. The highest BCUT2D eigenvalue weighted by Gasteiger charge is 1.93. The molecule has 0 aromatic heterocycles. The van der Waals surface area contributed by atoms with Gasteiger partial charge >= 0.3 is 0 Å². The van der Waals surface area contributed by atoms with Gasteiger partial charge in [-0.05, 0) is 31.9 Å². The fraction of sp³-hybridized carbons (Fsp3) is 0.417. The summed E-state index contributed by atoms with van der Waals surface area (Å²) in [6.45, 7) is 6.00. The zero-order valence-electron chi connectivity index (χ0n) is 8.95. The fourth-order valence-corrected chi connectivity index (χ4v) is 1.05. The molecule has 2 nitrogen and oxygen atoms in total. The highest BCUT2D eigenvalue weighted by molar-refractivity contribution is 5.79. The Hall–Kier alpha value is -1.31. The largest absolute Gasteiger partial charge is 0.393 e.